The van der Waals surface area contributed by atoms with Crippen LogP contribution in [0.3, 0.4) is 0 Å². The van der Waals surface area contributed by atoms with Gasteiger partial charge in [-0.15, -0.1) is 0 Å². The van der Waals surface area contributed by atoms with Gasteiger partial charge in [0.2, 0.25) is 10.0 Å². The molecule has 0 atom stereocenters. The van der Waals surface area contributed by atoms with Crippen LogP contribution in [-0.2, 0) is 15.8 Å². The molecule has 0 aliphatic carbocycles. The molecule has 0 saturated carbocycles. The van der Waals surface area contributed by atoms with E-state index in [1.807, 2.05) is 6.07 Å². The number of hydrogen-bond donors (Lipinski definition) is 1. The van der Waals surface area contributed by atoms with Gasteiger partial charge in [0.1, 0.15) is 0 Å². The molecule has 14 heavy (non-hydrogen) atoms. The van der Waals surface area contributed by atoms with Gasteiger partial charge in [-0.05, 0) is 18.7 Å². The van der Waals surface area contributed by atoms with Gasteiger partial charge in [0.05, 0.1) is 17.4 Å². The Hall–Kier alpha value is -1.38. The van der Waals surface area contributed by atoms with E-state index in [0.29, 0.717) is 11.1 Å². The van der Waals surface area contributed by atoms with E-state index in [-0.39, 0.29) is 5.75 Å². The van der Waals surface area contributed by atoms with Crippen LogP contribution in [0, 0.1) is 11.3 Å². The molecule has 0 bridgehead atoms. The van der Waals surface area contributed by atoms with Crippen molar-refractivity contribution >= 4 is 10.0 Å². The van der Waals surface area contributed by atoms with Crippen molar-refractivity contribution in [2.45, 2.75) is 5.75 Å². The van der Waals surface area contributed by atoms with E-state index < -0.39 is 10.0 Å². The van der Waals surface area contributed by atoms with E-state index in [2.05, 4.69) is 4.72 Å². The van der Waals surface area contributed by atoms with Crippen LogP contribution in [0.15, 0.2) is 24.3 Å². The number of nitrogens with one attached hydrogen (secondary N) is 1. The van der Waals surface area contributed by atoms with Crippen LogP contribution in [0.2, 0.25) is 0 Å². The lowest BCUT2D eigenvalue weighted by molar-refractivity contribution is 0.587. The molecule has 1 aromatic carbocycles. The van der Waals surface area contributed by atoms with Gasteiger partial charge in [-0.2, -0.15) is 5.26 Å². The smallest absolute Gasteiger partial charge is 0.215 e. The molecule has 4 nitrogen and oxygen atoms in total. The van der Waals surface area contributed by atoms with Gasteiger partial charge in [0, 0.05) is 0 Å². The van der Waals surface area contributed by atoms with Crippen LogP contribution >= 0.6 is 0 Å². The summed E-state index contributed by atoms with van der Waals surface area (Å²) in [7, 11) is -1.95. The van der Waals surface area contributed by atoms with Crippen LogP contribution in [0.25, 0.3) is 0 Å². The molecular weight excluding hydrogens is 200 g/mol. The summed E-state index contributed by atoms with van der Waals surface area (Å²) in [5.74, 6) is -0.159. The van der Waals surface area contributed by atoms with E-state index in [0.717, 1.165) is 0 Å². The molecule has 0 unspecified atom stereocenters. The molecule has 0 radical (unpaired) electrons. The molecule has 1 aromatic rings. The zero-order chi connectivity index (χ0) is 10.6. The quantitative estimate of drug-likeness (QED) is 0.794. The second-order valence-corrected chi connectivity index (χ2v) is 4.66. The first-order valence-corrected chi connectivity index (χ1v) is 5.63. The largest absolute Gasteiger partial charge is 0.218 e. The molecular formula is C9H10N2O2S. The van der Waals surface area contributed by atoms with Crippen molar-refractivity contribution in [1.29, 1.82) is 5.26 Å². The van der Waals surface area contributed by atoms with E-state index in [4.69, 9.17) is 5.26 Å². The Morgan fingerprint density at radius 1 is 1.43 bits per heavy atom. The molecule has 0 aliphatic rings. The third-order valence-corrected chi connectivity index (χ3v) is 3.11. The number of benzene rings is 1. The highest BCUT2D eigenvalue weighted by atomic mass is 32.2. The Morgan fingerprint density at radius 2 is 2.07 bits per heavy atom. The van der Waals surface area contributed by atoms with Crippen LogP contribution in [-0.4, -0.2) is 15.5 Å². The molecule has 0 aromatic heterocycles. The molecule has 5 heteroatoms. The van der Waals surface area contributed by atoms with Crippen molar-refractivity contribution in [3.8, 4) is 6.07 Å². The fourth-order valence-electron chi connectivity index (χ4n) is 1.03. The molecule has 0 aliphatic heterocycles. The second kappa shape index (κ2) is 4.22. The molecule has 0 heterocycles. The Labute approximate surface area is 83.2 Å². The molecule has 1 rings (SSSR count). The van der Waals surface area contributed by atoms with E-state index in [1.54, 1.807) is 24.3 Å². The predicted octanol–water partition coefficient (Wildman–Crippen LogP) is 0.607. The lowest BCUT2D eigenvalue weighted by Crippen LogP contribution is -2.20. The highest BCUT2D eigenvalue weighted by molar-refractivity contribution is 7.88. The highest BCUT2D eigenvalue weighted by Crippen LogP contribution is 2.10. The van der Waals surface area contributed by atoms with E-state index in [1.165, 1.54) is 7.05 Å². The summed E-state index contributed by atoms with van der Waals surface area (Å²) in [6.07, 6.45) is 0. The number of nitrogens with zero attached hydrogens (tertiary/aromatic N) is 1. The molecule has 0 saturated heterocycles. The third-order valence-electron chi connectivity index (χ3n) is 1.79. The van der Waals surface area contributed by atoms with Crippen LogP contribution in [0.4, 0.5) is 0 Å². The first-order valence-electron chi connectivity index (χ1n) is 3.98. The minimum absolute atomic E-state index is 0.159. The number of rotatable bonds is 3. The monoisotopic (exact) mass is 210 g/mol. The van der Waals surface area contributed by atoms with Crippen molar-refractivity contribution in [2.75, 3.05) is 7.05 Å². The topological polar surface area (TPSA) is 70.0 Å². The van der Waals surface area contributed by atoms with E-state index >= 15 is 0 Å². The minimum Gasteiger partial charge on any atom is -0.218 e. The fourth-order valence-corrected chi connectivity index (χ4v) is 1.84. The normalized spacial score (nSPS) is 10.9. The van der Waals surface area contributed by atoms with Gasteiger partial charge in [-0.25, -0.2) is 13.1 Å². The Balaban J connectivity index is 3.05. The summed E-state index contributed by atoms with van der Waals surface area (Å²) in [4.78, 5) is 0. The van der Waals surface area contributed by atoms with Gasteiger partial charge in [-0.3, -0.25) is 0 Å². The second-order valence-electron chi connectivity index (χ2n) is 2.73. The maximum atomic E-state index is 11.2. The lowest BCUT2D eigenvalue weighted by atomic mass is 10.1. The molecule has 1 N–H and O–H groups in total. The highest BCUT2D eigenvalue weighted by Gasteiger charge is 2.11. The molecule has 74 valence electrons. The van der Waals surface area contributed by atoms with Crippen molar-refractivity contribution in [1.82, 2.24) is 4.72 Å². The van der Waals surface area contributed by atoms with Crippen LogP contribution < -0.4 is 4.72 Å². The van der Waals surface area contributed by atoms with Crippen LogP contribution in [0.1, 0.15) is 11.1 Å². The Morgan fingerprint density at radius 3 is 2.64 bits per heavy atom. The standard InChI is InChI=1S/C9H10N2O2S/c1-11-14(12,13)7-9-5-3-2-4-8(9)6-10/h2-5,11H,7H2,1H3. The molecule has 0 spiro atoms. The van der Waals surface area contributed by atoms with Gasteiger partial charge >= 0.3 is 0 Å². The predicted molar refractivity (Wildman–Crippen MR) is 52.8 cm³/mol. The maximum absolute atomic E-state index is 11.2. The first-order chi connectivity index (χ1) is 6.59. The zero-order valence-electron chi connectivity index (χ0n) is 7.69. The van der Waals surface area contributed by atoms with Gasteiger partial charge in [-0.1, -0.05) is 18.2 Å². The van der Waals surface area contributed by atoms with Crippen LogP contribution in [0.5, 0.6) is 0 Å². The number of sulfonamides is 1. The van der Waals surface area contributed by atoms with Gasteiger partial charge in [0.15, 0.2) is 0 Å². The lowest BCUT2D eigenvalue weighted by Gasteiger charge is -2.03. The summed E-state index contributed by atoms with van der Waals surface area (Å²) in [5, 5.41) is 8.72. The fraction of sp³-hybridized carbons (Fsp3) is 0.222. The Bertz CT molecular complexity index is 460. The number of nitriles is 1. The molecule has 0 amide bonds. The van der Waals surface area contributed by atoms with Crippen molar-refractivity contribution in [3.05, 3.63) is 35.4 Å². The average Bonchev–Trinajstić information content (AvgIpc) is 2.18. The first kappa shape index (κ1) is 10.7. The van der Waals surface area contributed by atoms with Crippen molar-refractivity contribution in [3.63, 3.8) is 0 Å². The minimum atomic E-state index is -3.31. The van der Waals surface area contributed by atoms with Crippen molar-refractivity contribution in [2.24, 2.45) is 0 Å². The van der Waals surface area contributed by atoms with E-state index in [9.17, 15) is 8.42 Å². The number of hydrogen-bond acceptors (Lipinski definition) is 3. The maximum Gasteiger partial charge on any atom is 0.215 e. The summed E-state index contributed by atoms with van der Waals surface area (Å²) >= 11 is 0. The summed E-state index contributed by atoms with van der Waals surface area (Å²) < 4.78 is 24.6. The molecule has 0 fully saturated rings. The summed E-state index contributed by atoms with van der Waals surface area (Å²) in [5.41, 5.74) is 0.913. The average molecular weight is 210 g/mol. The van der Waals surface area contributed by atoms with Gasteiger partial charge in [0.25, 0.3) is 0 Å². The SMILES string of the molecule is CNS(=O)(=O)Cc1ccccc1C#N. The Kier molecular flexibility index (Phi) is 3.23. The summed E-state index contributed by atoms with van der Waals surface area (Å²) in [6, 6.07) is 8.59. The zero-order valence-corrected chi connectivity index (χ0v) is 8.50. The third kappa shape index (κ3) is 2.55. The summed E-state index contributed by atoms with van der Waals surface area (Å²) in [6.45, 7) is 0. The van der Waals surface area contributed by atoms with Crippen molar-refractivity contribution < 1.29 is 8.42 Å². The van der Waals surface area contributed by atoms with Gasteiger partial charge < -0.3 is 0 Å².